The second kappa shape index (κ2) is 8.96. The van der Waals surface area contributed by atoms with Gasteiger partial charge in [0, 0.05) is 11.3 Å². The normalized spacial score (nSPS) is 11.7. The number of carbonyl (C=O) groups is 1. The first-order valence-electron chi connectivity index (χ1n) is 8.36. The molecule has 0 saturated carbocycles. The highest BCUT2D eigenvalue weighted by atomic mass is 16.3. The Balaban J connectivity index is 0.000000758. The van der Waals surface area contributed by atoms with Gasteiger partial charge in [0.1, 0.15) is 17.8 Å². The topological polar surface area (TPSA) is 111 Å². The van der Waals surface area contributed by atoms with Crippen molar-refractivity contribution in [2.75, 3.05) is 11.9 Å². The third kappa shape index (κ3) is 4.37. The average molecular weight is 356 g/mol. The van der Waals surface area contributed by atoms with Crippen molar-refractivity contribution in [3.05, 3.63) is 42.2 Å². The number of aryl methyl sites for hydroxylation is 1. The number of aliphatic hydroxyl groups is 1. The summed E-state index contributed by atoms with van der Waals surface area (Å²) in [4.78, 5) is 20.4. The van der Waals surface area contributed by atoms with Crippen molar-refractivity contribution in [2.24, 2.45) is 5.92 Å². The van der Waals surface area contributed by atoms with E-state index < -0.39 is 0 Å². The van der Waals surface area contributed by atoms with Gasteiger partial charge in [-0.1, -0.05) is 38.1 Å². The molecule has 0 amide bonds. The third-order valence-electron chi connectivity index (χ3n) is 4.18. The third-order valence-corrected chi connectivity index (χ3v) is 4.18. The van der Waals surface area contributed by atoms with Crippen molar-refractivity contribution >= 4 is 23.3 Å². The minimum atomic E-state index is -0.250. The van der Waals surface area contributed by atoms with Crippen molar-refractivity contribution in [3.8, 4) is 11.3 Å². The molecule has 2 aromatic heterocycles. The maximum Gasteiger partial charge on any atom is 0.290 e. The van der Waals surface area contributed by atoms with E-state index in [1.165, 1.54) is 11.9 Å². The second-order valence-corrected chi connectivity index (χ2v) is 6.27. The van der Waals surface area contributed by atoms with E-state index in [1.54, 1.807) is 0 Å². The van der Waals surface area contributed by atoms with Gasteiger partial charge in [-0.25, -0.2) is 9.97 Å². The Morgan fingerprint density at radius 3 is 2.58 bits per heavy atom. The number of aromatic amines is 1. The van der Waals surface area contributed by atoms with Crippen molar-refractivity contribution in [3.63, 3.8) is 0 Å². The molecule has 0 unspecified atom stereocenters. The Hall–Kier alpha value is -2.93. The summed E-state index contributed by atoms with van der Waals surface area (Å²) >= 11 is 0. The summed E-state index contributed by atoms with van der Waals surface area (Å²) in [6.07, 6.45) is 1.54. The van der Waals surface area contributed by atoms with Gasteiger partial charge in [0.15, 0.2) is 0 Å². The summed E-state index contributed by atoms with van der Waals surface area (Å²) in [7, 11) is 0. The van der Waals surface area contributed by atoms with Crippen LogP contribution in [-0.4, -0.2) is 44.3 Å². The molecule has 2 heterocycles. The molecule has 7 heteroatoms. The van der Waals surface area contributed by atoms with Crippen LogP contribution in [0.3, 0.4) is 0 Å². The zero-order valence-electron chi connectivity index (χ0n) is 15.1. The van der Waals surface area contributed by atoms with E-state index >= 15 is 0 Å². The molecule has 0 radical (unpaired) electrons. The number of nitrogens with zero attached hydrogens (tertiary/aromatic N) is 2. The van der Waals surface area contributed by atoms with Gasteiger partial charge in [0.2, 0.25) is 0 Å². The lowest BCUT2D eigenvalue weighted by Gasteiger charge is -2.20. The Kier molecular flexibility index (Phi) is 6.68. The van der Waals surface area contributed by atoms with Crippen LogP contribution in [0, 0.1) is 12.8 Å². The number of rotatable bonds is 5. The summed E-state index contributed by atoms with van der Waals surface area (Å²) in [5, 5.41) is 20.7. The summed E-state index contributed by atoms with van der Waals surface area (Å²) in [6.45, 7) is 6.05. The van der Waals surface area contributed by atoms with E-state index in [-0.39, 0.29) is 19.1 Å². The SMILES string of the molecule is Cc1ccccc1-c1cc2c(N[C@@H](CO)C(C)C)ncnc2[nH]1.O=CO. The van der Waals surface area contributed by atoms with Crippen LogP contribution in [-0.2, 0) is 4.79 Å². The van der Waals surface area contributed by atoms with Crippen molar-refractivity contribution in [1.29, 1.82) is 0 Å². The van der Waals surface area contributed by atoms with Crippen molar-refractivity contribution < 1.29 is 15.0 Å². The largest absolute Gasteiger partial charge is 0.483 e. The van der Waals surface area contributed by atoms with Gasteiger partial charge >= 0.3 is 0 Å². The van der Waals surface area contributed by atoms with Gasteiger partial charge in [-0.05, 0) is 24.5 Å². The van der Waals surface area contributed by atoms with Gasteiger partial charge in [0.05, 0.1) is 18.0 Å². The van der Waals surface area contributed by atoms with Crippen LogP contribution in [0.15, 0.2) is 36.7 Å². The maximum atomic E-state index is 9.54. The van der Waals surface area contributed by atoms with Crippen LogP contribution >= 0.6 is 0 Å². The molecule has 1 atom stereocenters. The number of anilines is 1. The number of aliphatic hydroxyl groups excluding tert-OH is 1. The molecule has 4 N–H and O–H groups in total. The highest BCUT2D eigenvalue weighted by Gasteiger charge is 2.16. The molecule has 138 valence electrons. The van der Waals surface area contributed by atoms with Crippen molar-refractivity contribution in [2.45, 2.75) is 26.8 Å². The highest BCUT2D eigenvalue weighted by Crippen LogP contribution is 2.29. The minimum absolute atomic E-state index is 0.0371. The average Bonchev–Trinajstić information content (AvgIpc) is 3.05. The molecule has 0 aliphatic heterocycles. The van der Waals surface area contributed by atoms with E-state index in [0.29, 0.717) is 5.92 Å². The standard InChI is InChI=1S/C18H22N4O.CH2O2/c1-11(2)16(9-23)22-18-14-8-15(21-17(14)19-10-20-18)13-7-5-4-6-12(13)3;2-1-3/h4-8,10-11,16,23H,9H2,1-3H3,(H2,19,20,21,22);1H,(H,2,3)/t16-;/m0./s1. The molecule has 0 saturated heterocycles. The van der Waals surface area contributed by atoms with Gasteiger partial charge in [-0.3, -0.25) is 4.79 Å². The molecule has 3 aromatic rings. The van der Waals surface area contributed by atoms with E-state index in [1.807, 2.05) is 12.1 Å². The second-order valence-electron chi connectivity index (χ2n) is 6.27. The molecule has 26 heavy (non-hydrogen) atoms. The Labute approximate surface area is 152 Å². The fraction of sp³-hybridized carbons (Fsp3) is 0.316. The Morgan fingerprint density at radius 1 is 1.27 bits per heavy atom. The summed E-state index contributed by atoms with van der Waals surface area (Å²) in [5.74, 6) is 1.05. The molecular weight excluding hydrogens is 332 g/mol. The lowest BCUT2D eigenvalue weighted by molar-refractivity contribution is -0.122. The monoisotopic (exact) mass is 356 g/mol. The molecule has 0 fully saturated rings. The quantitative estimate of drug-likeness (QED) is 0.523. The van der Waals surface area contributed by atoms with E-state index in [2.05, 4.69) is 59.2 Å². The molecule has 3 rings (SSSR count). The smallest absolute Gasteiger partial charge is 0.290 e. The summed E-state index contributed by atoms with van der Waals surface area (Å²) in [6, 6.07) is 10.3. The fourth-order valence-electron chi connectivity index (χ4n) is 2.67. The first-order valence-corrected chi connectivity index (χ1v) is 8.36. The number of H-pyrrole nitrogens is 1. The Bertz CT molecular complexity index is 861. The first kappa shape index (κ1) is 19.4. The van der Waals surface area contributed by atoms with E-state index in [9.17, 15) is 5.11 Å². The number of nitrogens with one attached hydrogen (secondary N) is 2. The van der Waals surface area contributed by atoms with E-state index in [0.717, 1.165) is 28.1 Å². The van der Waals surface area contributed by atoms with Crippen LogP contribution in [0.4, 0.5) is 5.82 Å². The van der Waals surface area contributed by atoms with Crippen LogP contribution < -0.4 is 5.32 Å². The maximum absolute atomic E-state index is 9.54. The molecular formula is C19H24N4O3. The molecule has 7 nitrogen and oxygen atoms in total. The zero-order chi connectivity index (χ0) is 19.1. The first-order chi connectivity index (χ1) is 12.5. The van der Waals surface area contributed by atoms with Gasteiger partial charge in [-0.15, -0.1) is 0 Å². The van der Waals surface area contributed by atoms with Crippen LogP contribution in [0.25, 0.3) is 22.3 Å². The van der Waals surface area contributed by atoms with Crippen molar-refractivity contribution in [1.82, 2.24) is 15.0 Å². The number of aromatic nitrogens is 3. The number of benzene rings is 1. The lowest BCUT2D eigenvalue weighted by Crippen LogP contribution is -2.29. The van der Waals surface area contributed by atoms with Gasteiger partial charge in [-0.2, -0.15) is 0 Å². The molecule has 0 spiro atoms. The fourth-order valence-corrected chi connectivity index (χ4v) is 2.67. The minimum Gasteiger partial charge on any atom is -0.483 e. The number of hydrogen-bond acceptors (Lipinski definition) is 5. The number of fused-ring (bicyclic) bond motifs is 1. The number of carboxylic acid groups (broad SMARTS) is 1. The van der Waals surface area contributed by atoms with E-state index in [4.69, 9.17) is 9.90 Å². The van der Waals surface area contributed by atoms with Gasteiger partial charge < -0.3 is 20.5 Å². The van der Waals surface area contributed by atoms with Crippen LogP contribution in [0.2, 0.25) is 0 Å². The molecule has 1 aromatic carbocycles. The molecule has 0 aliphatic rings. The van der Waals surface area contributed by atoms with Gasteiger partial charge in [0.25, 0.3) is 6.47 Å². The lowest BCUT2D eigenvalue weighted by atomic mass is 10.1. The molecule has 0 aliphatic carbocycles. The predicted octanol–water partition coefficient (Wildman–Crippen LogP) is 3.06. The predicted molar refractivity (Wildman–Crippen MR) is 102 cm³/mol. The summed E-state index contributed by atoms with van der Waals surface area (Å²) in [5.41, 5.74) is 4.17. The highest BCUT2D eigenvalue weighted by molar-refractivity contribution is 5.91. The van der Waals surface area contributed by atoms with Crippen LogP contribution in [0.1, 0.15) is 19.4 Å². The van der Waals surface area contributed by atoms with Crippen LogP contribution in [0.5, 0.6) is 0 Å². The Morgan fingerprint density at radius 2 is 1.96 bits per heavy atom. The number of hydrogen-bond donors (Lipinski definition) is 4. The molecule has 0 bridgehead atoms. The summed E-state index contributed by atoms with van der Waals surface area (Å²) < 4.78 is 0. The zero-order valence-corrected chi connectivity index (χ0v) is 15.1.